The van der Waals surface area contributed by atoms with Gasteiger partial charge in [0.25, 0.3) is 0 Å². The molecule has 0 aromatic heterocycles. The van der Waals surface area contributed by atoms with E-state index in [1.807, 2.05) is 30.3 Å². The maximum Gasteiger partial charge on any atom is 0.314 e. The molecule has 1 fully saturated rings. The second-order valence-electron chi connectivity index (χ2n) is 5.76. The highest BCUT2D eigenvalue weighted by molar-refractivity contribution is 5.78. The summed E-state index contributed by atoms with van der Waals surface area (Å²) in [5.74, 6) is -0.220. The van der Waals surface area contributed by atoms with Crippen LogP contribution in [0.15, 0.2) is 30.3 Å². The van der Waals surface area contributed by atoms with E-state index in [1.165, 1.54) is 13.5 Å². The zero-order valence-corrected chi connectivity index (χ0v) is 12.6. The van der Waals surface area contributed by atoms with Crippen LogP contribution in [0.4, 0.5) is 0 Å². The molecule has 4 heteroatoms. The minimum atomic E-state index is -0.295. The Kier molecular flexibility index (Phi) is 6.21. The highest BCUT2D eigenvalue weighted by Gasteiger charge is 2.25. The average Bonchev–Trinajstić information content (AvgIpc) is 2.53. The first kappa shape index (κ1) is 16.0. The lowest BCUT2D eigenvalue weighted by molar-refractivity contribution is -0.142. The van der Waals surface area contributed by atoms with Crippen LogP contribution in [0, 0.1) is 5.92 Å². The Bertz CT molecular complexity index is 435. The number of carbonyl (C=O) groups is 1. The molecule has 4 nitrogen and oxygen atoms in total. The van der Waals surface area contributed by atoms with Gasteiger partial charge >= 0.3 is 5.97 Å². The van der Waals surface area contributed by atoms with Gasteiger partial charge in [-0.1, -0.05) is 43.2 Å². The normalized spacial score (nSPS) is 23.5. The van der Waals surface area contributed by atoms with Crippen LogP contribution in [0.1, 0.15) is 37.2 Å². The lowest BCUT2D eigenvalue weighted by atomic mass is 9.86. The third-order valence-electron chi connectivity index (χ3n) is 4.31. The predicted octanol–water partition coefficient (Wildman–Crippen LogP) is 2.08. The van der Waals surface area contributed by atoms with Crippen LogP contribution in [-0.2, 0) is 9.53 Å². The van der Waals surface area contributed by atoms with E-state index in [4.69, 9.17) is 4.74 Å². The van der Waals surface area contributed by atoms with Crippen molar-refractivity contribution in [2.24, 2.45) is 5.92 Å². The Morgan fingerprint density at radius 2 is 2.05 bits per heavy atom. The molecule has 0 heterocycles. The van der Waals surface area contributed by atoms with Gasteiger partial charge in [0.2, 0.25) is 0 Å². The van der Waals surface area contributed by atoms with Gasteiger partial charge in [-0.15, -0.1) is 0 Å². The van der Waals surface area contributed by atoms with Gasteiger partial charge in [-0.05, 0) is 24.3 Å². The van der Waals surface area contributed by atoms with Crippen molar-refractivity contribution in [3.8, 4) is 0 Å². The number of esters is 1. The second-order valence-corrected chi connectivity index (χ2v) is 5.76. The molecule has 0 amide bonds. The first-order valence-corrected chi connectivity index (χ1v) is 7.74. The van der Waals surface area contributed by atoms with Crippen molar-refractivity contribution in [3.63, 3.8) is 0 Å². The van der Waals surface area contributed by atoms with Gasteiger partial charge in [0.05, 0.1) is 19.1 Å². The van der Waals surface area contributed by atoms with Crippen LogP contribution in [0.3, 0.4) is 0 Å². The molecule has 1 saturated carbocycles. The summed E-state index contributed by atoms with van der Waals surface area (Å²) in [6.45, 7) is 1.29. The molecule has 0 saturated heterocycles. The Morgan fingerprint density at radius 3 is 2.71 bits per heavy atom. The van der Waals surface area contributed by atoms with Crippen LogP contribution in [0.5, 0.6) is 0 Å². The number of carbonyl (C=O) groups excluding carboxylic acids is 1. The van der Waals surface area contributed by atoms with Gasteiger partial charge in [0.15, 0.2) is 0 Å². The fourth-order valence-electron chi connectivity index (χ4n) is 3.00. The van der Waals surface area contributed by atoms with Crippen molar-refractivity contribution in [1.82, 2.24) is 5.32 Å². The molecule has 0 bridgehead atoms. The molecule has 1 aromatic rings. The van der Waals surface area contributed by atoms with Crippen LogP contribution in [0.2, 0.25) is 0 Å². The molecule has 1 aliphatic carbocycles. The van der Waals surface area contributed by atoms with Crippen molar-refractivity contribution in [2.75, 3.05) is 20.2 Å². The van der Waals surface area contributed by atoms with Gasteiger partial charge in [0.1, 0.15) is 0 Å². The van der Waals surface area contributed by atoms with Gasteiger partial charge in [-0.25, -0.2) is 0 Å². The Hall–Kier alpha value is -1.39. The largest absolute Gasteiger partial charge is 0.469 e. The molecule has 2 N–H and O–H groups in total. The van der Waals surface area contributed by atoms with Gasteiger partial charge in [-0.3, -0.25) is 4.79 Å². The van der Waals surface area contributed by atoms with Crippen LogP contribution in [0.25, 0.3) is 0 Å². The van der Waals surface area contributed by atoms with E-state index in [0.29, 0.717) is 12.5 Å². The van der Waals surface area contributed by atoms with Gasteiger partial charge in [-0.2, -0.15) is 0 Å². The summed E-state index contributed by atoms with van der Waals surface area (Å²) in [6, 6.07) is 9.67. The fourth-order valence-corrected chi connectivity index (χ4v) is 3.00. The van der Waals surface area contributed by atoms with Crippen molar-refractivity contribution < 1.29 is 14.6 Å². The molecule has 1 aromatic carbocycles. The number of ether oxygens (including phenoxy) is 1. The summed E-state index contributed by atoms with van der Waals surface area (Å²) in [4.78, 5) is 11.9. The lowest BCUT2D eigenvalue weighted by Crippen LogP contribution is -2.36. The number of nitrogens with one attached hydrogen (secondary N) is 1. The summed E-state index contributed by atoms with van der Waals surface area (Å²) >= 11 is 0. The Morgan fingerprint density at radius 1 is 1.33 bits per heavy atom. The van der Waals surface area contributed by atoms with Crippen molar-refractivity contribution >= 4 is 5.97 Å². The molecule has 21 heavy (non-hydrogen) atoms. The fraction of sp³-hybridized carbons (Fsp3) is 0.588. The number of benzene rings is 1. The van der Waals surface area contributed by atoms with Crippen molar-refractivity contribution in [1.29, 1.82) is 0 Å². The maximum absolute atomic E-state index is 11.9. The molecule has 0 spiro atoms. The summed E-state index contributed by atoms with van der Waals surface area (Å²) in [7, 11) is 1.42. The average molecular weight is 291 g/mol. The summed E-state index contributed by atoms with van der Waals surface area (Å²) in [6.07, 6.45) is 4.04. The quantitative estimate of drug-likeness (QED) is 0.788. The van der Waals surface area contributed by atoms with Gasteiger partial charge < -0.3 is 15.2 Å². The Labute approximate surface area is 126 Å². The minimum absolute atomic E-state index is 0.209. The molecular weight excluding hydrogens is 266 g/mol. The summed E-state index contributed by atoms with van der Waals surface area (Å²) in [5.41, 5.74) is 0.959. The van der Waals surface area contributed by atoms with E-state index < -0.39 is 0 Å². The van der Waals surface area contributed by atoms with E-state index in [1.54, 1.807) is 0 Å². The van der Waals surface area contributed by atoms with Crippen LogP contribution in [-0.4, -0.2) is 37.4 Å². The predicted molar refractivity (Wildman–Crippen MR) is 82.0 cm³/mol. The molecule has 3 unspecified atom stereocenters. The first-order valence-electron chi connectivity index (χ1n) is 7.74. The number of aliphatic hydroxyl groups is 1. The van der Waals surface area contributed by atoms with E-state index in [2.05, 4.69) is 5.32 Å². The molecule has 0 radical (unpaired) electrons. The van der Waals surface area contributed by atoms with E-state index >= 15 is 0 Å². The van der Waals surface area contributed by atoms with Crippen LogP contribution >= 0.6 is 0 Å². The molecule has 116 valence electrons. The molecule has 1 aliphatic rings. The number of aliphatic hydroxyl groups excluding tert-OH is 1. The Balaban J connectivity index is 1.89. The number of methoxy groups -OCH3 is 1. The van der Waals surface area contributed by atoms with Crippen molar-refractivity contribution in [3.05, 3.63) is 35.9 Å². The molecular formula is C17H25NO3. The standard InChI is InChI=1S/C17H25NO3/c1-21-17(20)15(13-7-3-2-4-8-13)12-18-11-14-9-5-6-10-16(14)19/h2-4,7-8,14-16,18-19H,5-6,9-12H2,1H3. The smallest absolute Gasteiger partial charge is 0.314 e. The number of rotatable bonds is 6. The topological polar surface area (TPSA) is 58.6 Å². The monoisotopic (exact) mass is 291 g/mol. The first-order chi connectivity index (χ1) is 10.2. The zero-order valence-electron chi connectivity index (χ0n) is 12.6. The SMILES string of the molecule is COC(=O)C(CNCC1CCCCC1O)c1ccccc1. The molecule has 0 aliphatic heterocycles. The number of hydrogen-bond donors (Lipinski definition) is 2. The van der Waals surface area contributed by atoms with E-state index in [-0.39, 0.29) is 18.0 Å². The van der Waals surface area contributed by atoms with Crippen LogP contribution < -0.4 is 5.32 Å². The number of hydrogen-bond acceptors (Lipinski definition) is 4. The third kappa shape index (κ3) is 4.55. The third-order valence-corrected chi connectivity index (χ3v) is 4.31. The summed E-state index contributed by atoms with van der Waals surface area (Å²) in [5, 5.41) is 13.3. The highest BCUT2D eigenvalue weighted by atomic mass is 16.5. The minimum Gasteiger partial charge on any atom is -0.469 e. The summed E-state index contributed by atoms with van der Waals surface area (Å²) < 4.78 is 4.90. The second kappa shape index (κ2) is 8.15. The maximum atomic E-state index is 11.9. The van der Waals surface area contributed by atoms with Crippen molar-refractivity contribution in [2.45, 2.75) is 37.7 Å². The zero-order chi connectivity index (χ0) is 15.1. The molecule has 2 rings (SSSR count). The highest BCUT2D eigenvalue weighted by Crippen LogP contribution is 2.24. The van der Waals surface area contributed by atoms with E-state index in [0.717, 1.165) is 31.4 Å². The van der Waals surface area contributed by atoms with Gasteiger partial charge in [0, 0.05) is 13.1 Å². The lowest BCUT2D eigenvalue weighted by Gasteiger charge is -2.28. The molecule has 3 atom stereocenters. The van der Waals surface area contributed by atoms with E-state index in [9.17, 15) is 9.90 Å².